The van der Waals surface area contributed by atoms with Crippen LogP contribution in [0.4, 0.5) is 13.9 Å². The van der Waals surface area contributed by atoms with Gasteiger partial charge < -0.3 is 4.90 Å². The molecule has 0 aliphatic heterocycles. The lowest BCUT2D eigenvalue weighted by Gasteiger charge is -2.21. The lowest BCUT2D eigenvalue weighted by atomic mass is 10.3. The summed E-state index contributed by atoms with van der Waals surface area (Å²) < 4.78 is 27.9. The van der Waals surface area contributed by atoms with Crippen molar-refractivity contribution in [1.29, 1.82) is 0 Å². The minimum Gasteiger partial charge on any atom is -0.308 e. The molecule has 0 bridgehead atoms. The average molecular weight is 396 g/mol. The average Bonchev–Trinajstić information content (AvgIpc) is 3.10. The van der Waals surface area contributed by atoms with Crippen LogP contribution in [-0.2, 0) is 0 Å². The first-order chi connectivity index (χ1) is 12.3. The number of aryl methyl sites for hydroxylation is 2. The van der Waals surface area contributed by atoms with Crippen LogP contribution in [0.3, 0.4) is 0 Å². The Morgan fingerprint density at radius 1 is 1.12 bits per heavy atom. The van der Waals surface area contributed by atoms with E-state index in [0.717, 1.165) is 22.4 Å². The maximum absolute atomic E-state index is 14.0. The van der Waals surface area contributed by atoms with Gasteiger partial charge in [0.05, 0.1) is 15.4 Å². The topological polar surface area (TPSA) is 49.3 Å². The van der Waals surface area contributed by atoms with Crippen LogP contribution in [-0.4, -0.2) is 48.0 Å². The lowest BCUT2D eigenvalue weighted by Crippen LogP contribution is -2.36. The molecule has 0 saturated carbocycles. The number of hydrogen-bond donors (Lipinski definition) is 0. The van der Waals surface area contributed by atoms with Crippen molar-refractivity contribution in [3.05, 3.63) is 39.3 Å². The second kappa shape index (κ2) is 7.34. The molecule has 0 fully saturated rings. The summed E-state index contributed by atoms with van der Waals surface area (Å²) in [5.74, 6) is -1.62. The molecule has 3 aromatic rings. The number of carbonyl (C=O) groups excluding carboxylic acids is 1. The van der Waals surface area contributed by atoms with E-state index >= 15 is 0 Å². The van der Waals surface area contributed by atoms with Gasteiger partial charge in [-0.05, 0) is 34.0 Å². The Morgan fingerprint density at radius 3 is 2.46 bits per heavy atom. The predicted octanol–water partition coefficient (Wildman–Crippen LogP) is 3.86. The molecule has 0 aliphatic rings. The zero-order valence-corrected chi connectivity index (χ0v) is 16.5. The van der Waals surface area contributed by atoms with Crippen LogP contribution in [0.2, 0.25) is 0 Å². The number of carbonyl (C=O) groups is 1. The highest BCUT2D eigenvalue weighted by Gasteiger charge is 2.25. The summed E-state index contributed by atoms with van der Waals surface area (Å²) >= 11 is 2.42. The molecule has 0 saturated heterocycles. The van der Waals surface area contributed by atoms with Crippen LogP contribution in [0.1, 0.15) is 20.4 Å². The number of aromatic nitrogens is 2. The van der Waals surface area contributed by atoms with Crippen LogP contribution in [0, 0.1) is 25.5 Å². The molecule has 0 aliphatic carbocycles. The maximum atomic E-state index is 14.0. The van der Waals surface area contributed by atoms with Gasteiger partial charge in [-0.25, -0.2) is 18.7 Å². The minimum absolute atomic E-state index is 0.0752. The summed E-state index contributed by atoms with van der Waals surface area (Å²) in [5.41, 5.74) is 0.733. The first-order valence-corrected chi connectivity index (χ1v) is 9.55. The number of nitrogens with zero attached hydrogens (tertiary/aromatic N) is 4. The van der Waals surface area contributed by atoms with E-state index in [2.05, 4.69) is 9.97 Å². The number of amides is 1. The van der Waals surface area contributed by atoms with Gasteiger partial charge in [0.15, 0.2) is 10.9 Å². The number of thiazole rings is 2. The summed E-state index contributed by atoms with van der Waals surface area (Å²) in [6, 6.07) is 2.03. The standard InChI is InChI=1S/C17H18F2N4OS2/c1-9-15(25-10(2)20-9)16(24)23(6-5-22(3)4)17-21-14-12(19)7-11(18)8-13(14)26-17/h7-8H,5-6H2,1-4H3. The Bertz CT molecular complexity index is 967. The fraction of sp³-hybridized carbons (Fsp3) is 0.353. The van der Waals surface area contributed by atoms with Gasteiger partial charge in [0, 0.05) is 19.2 Å². The molecule has 1 aromatic carbocycles. The van der Waals surface area contributed by atoms with Crippen molar-refractivity contribution in [1.82, 2.24) is 14.9 Å². The van der Waals surface area contributed by atoms with Crippen molar-refractivity contribution in [3.63, 3.8) is 0 Å². The number of likely N-dealkylation sites (N-methyl/N-ethyl adjacent to an activating group) is 1. The summed E-state index contributed by atoms with van der Waals surface area (Å²) in [6.45, 7) is 4.62. The third kappa shape index (κ3) is 3.74. The quantitative estimate of drug-likeness (QED) is 0.657. The highest BCUT2D eigenvalue weighted by atomic mass is 32.1. The van der Waals surface area contributed by atoms with Crippen LogP contribution >= 0.6 is 22.7 Å². The molecule has 1 amide bonds. The van der Waals surface area contributed by atoms with Gasteiger partial charge in [-0.15, -0.1) is 11.3 Å². The highest BCUT2D eigenvalue weighted by Crippen LogP contribution is 2.32. The van der Waals surface area contributed by atoms with Gasteiger partial charge in [-0.3, -0.25) is 9.69 Å². The monoisotopic (exact) mass is 396 g/mol. The number of benzene rings is 1. The SMILES string of the molecule is Cc1nc(C)c(C(=O)N(CCN(C)C)c2nc3c(F)cc(F)cc3s2)s1. The summed E-state index contributed by atoms with van der Waals surface area (Å²) in [7, 11) is 3.80. The zero-order chi connectivity index (χ0) is 19.0. The molecule has 5 nitrogen and oxygen atoms in total. The molecule has 0 unspecified atom stereocenters. The molecule has 3 rings (SSSR count). The van der Waals surface area contributed by atoms with Crippen LogP contribution in [0.25, 0.3) is 10.2 Å². The highest BCUT2D eigenvalue weighted by molar-refractivity contribution is 7.22. The number of rotatable bonds is 5. The Hall–Kier alpha value is -1.97. The Morgan fingerprint density at radius 2 is 1.85 bits per heavy atom. The van der Waals surface area contributed by atoms with Crippen LogP contribution in [0.5, 0.6) is 0 Å². The molecule has 138 valence electrons. The first-order valence-electron chi connectivity index (χ1n) is 7.92. The van der Waals surface area contributed by atoms with Crippen molar-refractivity contribution in [2.24, 2.45) is 0 Å². The van der Waals surface area contributed by atoms with E-state index in [0.29, 0.717) is 33.5 Å². The second-order valence-corrected chi connectivity index (χ2v) is 8.35. The van der Waals surface area contributed by atoms with Gasteiger partial charge in [-0.1, -0.05) is 11.3 Å². The normalized spacial score (nSPS) is 11.5. The molecule has 0 radical (unpaired) electrons. The number of anilines is 1. The maximum Gasteiger partial charge on any atom is 0.272 e. The van der Waals surface area contributed by atoms with Crippen molar-refractivity contribution >= 4 is 43.9 Å². The molecular formula is C17H18F2N4OS2. The van der Waals surface area contributed by atoms with Crippen molar-refractivity contribution in [2.75, 3.05) is 32.1 Å². The summed E-state index contributed by atoms with van der Waals surface area (Å²) in [4.78, 5) is 25.7. The predicted molar refractivity (Wildman–Crippen MR) is 101 cm³/mol. The fourth-order valence-electron chi connectivity index (χ4n) is 2.50. The number of hydrogen-bond acceptors (Lipinski definition) is 6. The van der Waals surface area contributed by atoms with Gasteiger partial charge in [0.25, 0.3) is 5.91 Å². The zero-order valence-electron chi connectivity index (χ0n) is 14.8. The molecule has 2 aromatic heterocycles. The van der Waals surface area contributed by atoms with E-state index < -0.39 is 11.6 Å². The third-order valence-electron chi connectivity index (χ3n) is 3.75. The summed E-state index contributed by atoms with van der Waals surface area (Å²) in [5, 5.41) is 1.15. The third-order valence-corrected chi connectivity index (χ3v) is 5.83. The van der Waals surface area contributed by atoms with Crippen LogP contribution < -0.4 is 4.90 Å². The van der Waals surface area contributed by atoms with E-state index in [1.165, 1.54) is 22.3 Å². The number of halogens is 2. The fourth-order valence-corrected chi connectivity index (χ4v) is 4.40. The van der Waals surface area contributed by atoms with Gasteiger partial charge in [0.2, 0.25) is 0 Å². The number of fused-ring (bicyclic) bond motifs is 1. The molecule has 26 heavy (non-hydrogen) atoms. The van der Waals surface area contributed by atoms with E-state index in [-0.39, 0.29) is 11.4 Å². The van der Waals surface area contributed by atoms with E-state index in [9.17, 15) is 13.6 Å². The van der Waals surface area contributed by atoms with E-state index in [4.69, 9.17) is 0 Å². The second-order valence-electron chi connectivity index (χ2n) is 6.14. The van der Waals surface area contributed by atoms with Gasteiger partial charge >= 0.3 is 0 Å². The first kappa shape index (κ1) is 18.8. The lowest BCUT2D eigenvalue weighted by molar-refractivity contribution is 0.0988. The van der Waals surface area contributed by atoms with Gasteiger partial charge in [0.1, 0.15) is 16.2 Å². The van der Waals surface area contributed by atoms with E-state index in [1.807, 2.05) is 25.9 Å². The molecule has 0 N–H and O–H groups in total. The van der Waals surface area contributed by atoms with E-state index in [1.54, 1.807) is 6.92 Å². The Labute approximate surface area is 157 Å². The van der Waals surface area contributed by atoms with Crippen molar-refractivity contribution in [3.8, 4) is 0 Å². The molecular weight excluding hydrogens is 378 g/mol. The van der Waals surface area contributed by atoms with Crippen LogP contribution in [0.15, 0.2) is 12.1 Å². The van der Waals surface area contributed by atoms with Crippen molar-refractivity contribution in [2.45, 2.75) is 13.8 Å². The molecule has 0 spiro atoms. The molecule has 9 heteroatoms. The minimum atomic E-state index is -0.729. The Balaban J connectivity index is 2.04. The van der Waals surface area contributed by atoms with Gasteiger partial charge in [-0.2, -0.15) is 0 Å². The van der Waals surface area contributed by atoms with Crippen molar-refractivity contribution < 1.29 is 13.6 Å². The smallest absolute Gasteiger partial charge is 0.272 e. The Kier molecular flexibility index (Phi) is 5.31. The molecule has 2 heterocycles. The summed E-state index contributed by atoms with van der Waals surface area (Å²) in [6.07, 6.45) is 0. The largest absolute Gasteiger partial charge is 0.308 e. The molecule has 0 atom stereocenters.